The molecule has 3 rings (SSSR count). The van der Waals surface area contributed by atoms with E-state index in [9.17, 15) is 4.79 Å². The zero-order valence-corrected chi connectivity index (χ0v) is 13.6. The van der Waals surface area contributed by atoms with E-state index in [-0.39, 0.29) is 17.9 Å². The van der Waals surface area contributed by atoms with Crippen molar-refractivity contribution in [2.24, 2.45) is 11.7 Å². The molecule has 0 spiro atoms. The van der Waals surface area contributed by atoms with Gasteiger partial charge in [0.05, 0.1) is 19.3 Å². The van der Waals surface area contributed by atoms with Gasteiger partial charge < -0.3 is 20.5 Å². The van der Waals surface area contributed by atoms with Gasteiger partial charge >= 0.3 is 0 Å². The number of hydrogen-bond donors (Lipinski definition) is 2. The smallest absolute Gasteiger partial charge is 0.234 e. The number of primary amides is 1. The first-order valence-electron chi connectivity index (χ1n) is 7.33. The minimum absolute atomic E-state index is 0.0503. The lowest BCUT2D eigenvalue weighted by Gasteiger charge is -2.20. The van der Waals surface area contributed by atoms with Crippen molar-refractivity contribution in [3.63, 3.8) is 0 Å². The zero-order valence-electron chi connectivity index (χ0n) is 12.9. The van der Waals surface area contributed by atoms with Gasteiger partial charge in [-0.05, 0) is 18.2 Å². The molecule has 122 valence electrons. The monoisotopic (exact) mass is 335 g/mol. The highest BCUT2D eigenvalue weighted by molar-refractivity contribution is 6.31. The van der Waals surface area contributed by atoms with Gasteiger partial charge in [-0.1, -0.05) is 18.5 Å². The van der Waals surface area contributed by atoms with Crippen molar-refractivity contribution in [3.05, 3.63) is 29.4 Å². The van der Waals surface area contributed by atoms with Gasteiger partial charge in [-0.3, -0.25) is 4.79 Å². The van der Waals surface area contributed by atoms with E-state index in [1.54, 1.807) is 25.4 Å². The van der Waals surface area contributed by atoms with Crippen LogP contribution in [0.25, 0.3) is 10.8 Å². The van der Waals surface area contributed by atoms with Gasteiger partial charge in [0, 0.05) is 28.3 Å². The molecule has 23 heavy (non-hydrogen) atoms. The number of pyridine rings is 1. The molecular formula is C16H18ClN3O3. The third kappa shape index (κ3) is 2.92. The third-order valence-electron chi connectivity index (χ3n) is 4.22. The second kappa shape index (κ2) is 6.22. The summed E-state index contributed by atoms with van der Waals surface area (Å²) in [4.78, 5) is 15.7. The van der Waals surface area contributed by atoms with Crippen LogP contribution in [-0.4, -0.2) is 36.7 Å². The molecule has 7 heteroatoms. The van der Waals surface area contributed by atoms with E-state index in [0.717, 1.165) is 10.8 Å². The predicted molar refractivity (Wildman–Crippen MR) is 87.9 cm³/mol. The molecule has 1 aliphatic heterocycles. The summed E-state index contributed by atoms with van der Waals surface area (Å²) in [5, 5.41) is 5.31. The van der Waals surface area contributed by atoms with Crippen molar-refractivity contribution < 1.29 is 14.3 Å². The summed E-state index contributed by atoms with van der Waals surface area (Å²) in [6.07, 6.45) is 1.42. The van der Waals surface area contributed by atoms with Crippen molar-refractivity contribution in [1.82, 2.24) is 10.3 Å². The molecule has 1 fully saturated rings. The number of amides is 1. The lowest BCUT2D eigenvalue weighted by Crippen LogP contribution is -2.40. The summed E-state index contributed by atoms with van der Waals surface area (Å²) in [7, 11) is 1.59. The Morgan fingerprint density at radius 2 is 2.22 bits per heavy atom. The molecule has 0 unspecified atom stereocenters. The fourth-order valence-electron chi connectivity index (χ4n) is 2.90. The van der Waals surface area contributed by atoms with Crippen LogP contribution >= 0.6 is 11.6 Å². The van der Waals surface area contributed by atoms with E-state index in [1.807, 2.05) is 13.0 Å². The molecular weight excluding hydrogens is 318 g/mol. The lowest BCUT2D eigenvalue weighted by molar-refractivity contribution is -0.120. The Labute approximate surface area is 138 Å². The number of halogens is 1. The second-order valence-electron chi connectivity index (χ2n) is 5.63. The molecule has 0 saturated carbocycles. The summed E-state index contributed by atoms with van der Waals surface area (Å²) in [5.74, 6) is 0.688. The van der Waals surface area contributed by atoms with Crippen LogP contribution in [-0.2, 0) is 4.79 Å². The SMILES string of the molecule is COc1cnc(O[C@H]2CN[C@H](C(N)=O)[C@@H]2C)c2cc(Cl)ccc12. The second-order valence-corrected chi connectivity index (χ2v) is 6.06. The van der Waals surface area contributed by atoms with Gasteiger partial charge in [0.25, 0.3) is 0 Å². The van der Waals surface area contributed by atoms with Crippen molar-refractivity contribution in [1.29, 1.82) is 0 Å². The van der Waals surface area contributed by atoms with Gasteiger partial charge in [0.1, 0.15) is 11.9 Å². The van der Waals surface area contributed by atoms with E-state index < -0.39 is 6.04 Å². The topological polar surface area (TPSA) is 86.5 Å². The Hall–Kier alpha value is -2.05. The number of ether oxygens (including phenoxy) is 2. The number of rotatable bonds is 4. The molecule has 1 aliphatic rings. The predicted octanol–water partition coefficient (Wildman–Crippen LogP) is 1.74. The number of hydrogen-bond acceptors (Lipinski definition) is 5. The molecule has 1 aromatic heterocycles. The molecule has 0 radical (unpaired) electrons. The maximum atomic E-state index is 11.4. The number of fused-ring (bicyclic) bond motifs is 1. The van der Waals surface area contributed by atoms with Gasteiger partial charge in [-0.25, -0.2) is 4.98 Å². The number of nitrogens with zero attached hydrogens (tertiary/aromatic N) is 1. The van der Waals surface area contributed by atoms with E-state index in [2.05, 4.69) is 10.3 Å². The Bertz CT molecular complexity index is 753. The summed E-state index contributed by atoms with van der Waals surface area (Å²) in [6.45, 7) is 2.46. The van der Waals surface area contributed by atoms with Crippen molar-refractivity contribution in [2.45, 2.75) is 19.1 Å². The molecule has 1 aromatic carbocycles. The Morgan fingerprint density at radius 3 is 2.87 bits per heavy atom. The minimum atomic E-state index is -0.395. The molecule has 0 bridgehead atoms. The number of aromatic nitrogens is 1. The van der Waals surface area contributed by atoms with Crippen LogP contribution in [0.15, 0.2) is 24.4 Å². The van der Waals surface area contributed by atoms with Gasteiger partial charge in [-0.2, -0.15) is 0 Å². The summed E-state index contributed by atoms with van der Waals surface area (Å²) >= 11 is 6.10. The average Bonchev–Trinajstić information content (AvgIpc) is 2.89. The maximum absolute atomic E-state index is 11.4. The molecule has 3 atom stereocenters. The Kier molecular flexibility index (Phi) is 4.28. The van der Waals surface area contributed by atoms with Crippen LogP contribution in [0, 0.1) is 5.92 Å². The van der Waals surface area contributed by atoms with Gasteiger partial charge in [-0.15, -0.1) is 0 Å². The van der Waals surface area contributed by atoms with E-state index in [4.69, 9.17) is 26.8 Å². The van der Waals surface area contributed by atoms with Crippen molar-refractivity contribution in [3.8, 4) is 11.6 Å². The van der Waals surface area contributed by atoms with Crippen LogP contribution in [0.2, 0.25) is 5.02 Å². The number of carbonyl (C=O) groups is 1. The molecule has 0 aliphatic carbocycles. The van der Waals surface area contributed by atoms with Crippen LogP contribution in [0.1, 0.15) is 6.92 Å². The first-order valence-corrected chi connectivity index (χ1v) is 7.70. The summed E-state index contributed by atoms with van der Waals surface area (Å²) < 4.78 is 11.4. The molecule has 2 aromatic rings. The normalized spacial score (nSPS) is 23.9. The van der Waals surface area contributed by atoms with Crippen LogP contribution in [0.5, 0.6) is 11.6 Å². The first kappa shape index (κ1) is 15.8. The Balaban J connectivity index is 1.95. The lowest BCUT2D eigenvalue weighted by atomic mass is 10.0. The number of nitrogens with two attached hydrogens (primary N) is 1. The first-order chi connectivity index (χ1) is 11.0. The van der Waals surface area contributed by atoms with Gasteiger partial charge in [0.15, 0.2) is 0 Å². The standard InChI is InChI=1S/C16H18ClN3O3/c1-8-12(6-19-14(8)15(18)21)23-16-11-5-9(17)3-4-10(11)13(22-2)7-20-16/h3-5,7-8,12,14,19H,6H2,1-2H3,(H2,18,21)/t8-,12+,14+/m1/s1. The van der Waals surface area contributed by atoms with Crippen molar-refractivity contribution >= 4 is 28.3 Å². The molecule has 1 amide bonds. The van der Waals surface area contributed by atoms with Crippen LogP contribution in [0.3, 0.4) is 0 Å². The highest BCUT2D eigenvalue weighted by Gasteiger charge is 2.37. The largest absolute Gasteiger partial charge is 0.494 e. The van der Waals surface area contributed by atoms with Crippen molar-refractivity contribution in [2.75, 3.05) is 13.7 Å². The third-order valence-corrected chi connectivity index (χ3v) is 4.45. The molecule has 1 saturated heterocycles. The van der Waals surface area contributed by atoms with Crippen LogP contribution < -0.4 is 20.5 Å². The highest BCUT2D eigenvalue weighted by Crippen LogP contribution is 2.34. The number of carbonyl (C=O) groups excluding carboxylic acids is 1. The molecule has 6 nitrogen and oxygen atoms in total. The van der Waals surface area contributed by atoms with E-state index in [0.29, 0.717) is 23.2 Å². The Morgan fingerprint density at radius 1 is 1.43 bits per heavy atom. The quantitative estimate of drug-likeness (QED) is 0.888. The average molecular weight is 336 g/mol. The molecule has 3 N–H and O–H groups in total. The maximum Gasteiger partial charge on any atom is 0.234 e. The zero-order chi connectivity index (χ0) is 16.6. The minimum Gasteiger partial charge on any atom is -0.494 e. The van der Waals surface area contributed by atoms with Crippen LogP contribution in [0.4, 0.5) is 0 Å². The highest BCUT2D eigenvalue weighted by atomic mass is 35.5. The number of nitrogens with one attached hydrogen (secondary N) is 1. The number of methoxy groups -OCH3 is 1. The number of benzene rings is 1. The summed E-state index contributed by atoms with van der Waals surface area (Å²) in [5.41, 5.74) is 5.39. The van der Waals surface area contributed by atoms with E-state index in [1.165, 1.54) is 0 Å². The van der Waals surface area contributed by atoms with E-state index >= 15 is 0 Å². The fraction of sp³-hybridized carbons (Fsp3) is 0.375. The summed E-state index contributed by atoms with van der Waals surface area (Å²) in [6, 6.07) is 5.06. The fourth-order valence-corrected chi connectivity index (χ4v) is 3.07. The van der Waals surface area contributed by atoms with Gasteiger partial charge in [0.2, 0.25) is 11.8 Å². The molecule has 2 heterocycles.